The fourth-order valence-corrected chi connectivity index (χ4v) is 2.38. The van der Waals surface area contributed by atoms with Gasteiger partial charge in [0.1, 0.15) is 5.75 Å². The number of amides is 1. The molecule has 2 rings (SSSR count). The molecule has 0 spiro atoms. The molecule has 1 fully saturated rings. The standard InChI is InChI=1S/C16H24N2O2/c1-16(2)7-9-18(10-8-16)15(19)6-11-20-14-5-3-4-13(17)12-14/h3-5,12H,6-11,17H2,1-2H3. The first-order chi connectivity index (χ1) is 9.46. The molecule has 1 amide bonds. The molecule has 0 atom stereocenters. The third-order valence-electron chi connectivity index (χ3n) is 3.91. The van der Waals surface area contributed by atoms with Gasteiger partial charge in [-0.1, -0.05) is 19.9 Å². The molecule has 1 aliphatic rings. The summed E-state index contributed by atoms with van der Waals surface area (Å²) in [4.78, 5) is 14.0. The third-order valence-corrected chi connectivity index (χ3v) is 3.91. The summed E-state index contributed by atoms with van der Waals surface area (Å²) in [6, 6.07) is 7.28. The molecule has 0 unspecified atom stereocenters. The molecule has 4 heteroatoms. The second-order valence-electron chi connectivity index (χ2n) is 6.22. The van der Waals surface area contributed by atoms with E-state index in [2.05, 4.69) is 13.8 Å². The van der Waals surface area contributed by atoms with E-state index in [4.69, 9.17) is 10.5 Å². The molecule has 0 radical (unpaired) electrons. The van der Waals surface area contributed by atoms with Gasteiger partial charge in [-0.15, -0.1) is 0 Å². The number of likely N-dealkylation sites (tertiary alicyclic amines) is 1. The summed E-state index contributed by atoms with van der Waals surface area (Å²) < 4.78 is 5.56. The Morgan fingerprint density at radius 1 is 1.35 bits per heavy atom. The van der Waals surface area contributed by atoms with Crippen LogP contribution in [0.1, 0.15) is 33.1 Å². The van der Waals surface area contributed by atoms with Crippen molar-refractivity contribution in [2.75, 3.05) is 25.4 Å². The Labute approximate surface area is 120 Å². The van der Waals surface area contributed by atoms with Crippen molar-refractivity contribution >= 4 is 11.6 Å². The summed E-state index contributed by atoms with van der Waals surface area (Å²) in [5, 5.41) is 0. The maximum absolute atomic E-state index is 12.1. The van der Waals surface area contributed by atoms with Gasteiger partial charge in [0.2, 0.25) is 5.91 Å². The van der Waals surface area contributed by atoms with Crippen LogP contribution in [0.15, 0.2) is 24.3 Å². The van der Waals surface area contributed by atoms with Gasteiger partial charge in [-0.05, 0) is 30.4 Å². The Morgan fingerprint density at radius 2 is 2.05 bits per heavy atom. The molecular formula is C16H24N2O2. The van der Waals surface area contributed by atoms with Crippen LogP contribution in [-0.4, -0.2) is 30.5 Å². The largest absolute Gasteiger partial charge is 0.493 e. The lowest BCUT2D eigenvalue weighted by Gasteiger charge is -2.36. The summed E-state index contributed by atoms with van der Waals surface area (Å²) >= 11 is 0. The lowest BCUT2D eigenvalue weighted by molar-refractivity contribution is -0.133. The minimum atomic E-state index is 0.185. The van der Waals surface area contributed by atoms with Crippen molar-refractivity contribution in [2.24, 2.45) is 5.41 Å². The lowest BCUT2D eigenvalue weighted by atomic mass is 9.82. The van der Waals surface area contributed by atoms with E-state index < -0.39 is 0 Å². The number of piperidine rings is 1. The minimum Gasteiger partial charge on any atom is -0.493 e. The zero-order chi connectivity index (χ0) is 14.6. The predicted octanol–water partition coefficient (Wildman–Crippen LogP) is 2.69. The van der Waals surface area contributed by atoms with Crippen molar-refractivity contribution in [1.29, 1.82) is 0 Å². The van der Waals surface area contributed by atoms with Gasteiger partial charge in [-0.25, -0.2) is 0 Å². The summed E-state index contributed by atoms with van der Waals surface area (Å²) in [6.45, 7) is 6.66. The second-order valence-corrected chi connectivity index (χ2v) is 6.22. The maximum atomic E-state index is 12.1. The zero-order valence-electron chi connectivity index (χ0n) is 12.4. The SMILES string of the molecule is CC1(C)CCN(C(=O)CCOc2cccc(N)c2)CC1. The summed E-state index contributed by atoms with van der Waals surface area (Å²) in [5.41, 5.74) is 6.72. The van der Waals surface area contributed by atoms with Crippen LogP contribution in [0.5, 0.6) is 5.75 Å². The highest BCUT2D eigenvalue weighted by atomic mass is 16.5. The molecule has 1 aliphatic heterocycles. The van der Waals surface area contributed by atoms with E-state index in [9.17, 15) is 4.79 Å². The van der Waals surface area contributed by atoms with Crippen LogP contribution >= 0.6 is 0 Å². The number of hydrogen-bond acceptors (Lipinski definition) is 3. The molecule has 1 heterocycles. The Balaban J connectivity index is 1.73. The van der Waals surface area contributed by atoms with Crippen molar-refractivity contribution < 1.29 is 9.53 Å². The minimum absolute atomic E-state index is 0.185. The molecular weight excluding hydrogens is 252 g/mol. The molecule has 110 valence electrons. The highest BCUT2D eigenvalue weighted by Crippen LogP contribution is 2.29. The van der Waals surface area contributed by atoms with Gasteiger partial charge < -0.3 is 15.4 Å². The van der Waals surface area contributed by atoms with Gasteiger partial charge in [0, 0.05) is 24.8 Å². The monoisotopic (exact) mass is 276 g/mol. The first-order valence-electron chi connectivity index (χ1n) is 7.22. The summed E-state index contributed by atoms with van der Waals surface area (Å²) in [6.07, 6.45) is 2.58. The Bertz CT molecular complexity index is 461. The number of ether oxygens (including phenoxy) is 1. The molecule has 4 nitrogen and oxygen atoms in total. The second kappa shape index (κ2) is 6.16. The number of carbonyl (C=O) groups is 1. The van der Waals surface area contributed by atoms with Gasteiger partial charge in [-0.2, -0.15) is 0 Å². The van der Waals surface area contributed by atoms with E-state index >= 15 is 0 Å². The van der Waals surface area contributed by atoms with Crippen LogP contribution in [0, 0.1) is 5.41 Å². The van der Waals surface area contributed by atoms with Crippen LogP contribution in [0.25, 0.3) is 0 Å². The number of nitrogen functional groups attached to an aromatic ring is 1. The predicted molar refractivity (Wildman–Crippen MR) is 80.6 cm³/mol. The molecule has 0 aliphatic carbocycles. The quantitative estimate of drug-likeness (QED) is 0.860. The normalized spacial score (nSPS) is 17.8. The van der Waals surface area contributed by atoms with Gasteiger partial charge in [0.05, 0.1) is 13.0 Å². The fraction of sp³-hybridized carbons (Fsp3) is 0.562. The smallest absolute Gasteiger partial charge is 0.225 e. The van der Waals surface area contributed by atoms with E-state index in [0.29, 0.717) is 24.1 Å². The van der Waals surface area contributed by atoms with Gasteiger partial charge in [0.25, 0.3) is 0 Å². The Hall–Kier alpha value is -1.71. The molecule has 1 aromatic rings. The highest BCUT2D eigenvalue weighted by Gasteiger charge is 2.27. The van der Waals surface area contributed by atoms with Crippen molar-refractivity contribution in [1.82, 2.24) is 4.90 Å². The first kappa shape index (κ1) is 14.7. The van der Waals surface area contributed by atoms with Gasteiger partial charge >= 0.3 is 0 Å². The van der Waals surface area contributed by atoms with Crippen molar-refractivity contribution in [3.8, 4) is 5.75 Å². The number of nitrogens with two attached hydrogens (primary N) is 1. The van der Waals surface area contributed by atoms with Crippen LogP contribution < -0.4 is 10.5 Å². The van der Waals surface area contributed by atoms with E-state index in [-0.39, 0.29) is 5.91 Å². The molecule has 1 aromatic carbocycles. The molecule has 0 aromatic heterocycles. The lowest BCUT2D eigenvalue weighted by Crippen LogP contribution is -2.41. The Morgan fingerprint density at radius 3 is 2.70 bits per heavy atom. The van der Waals surface area contributed by atoms with Gasteiger partial charge in [0.15, 0.2) is 0 Å². The molecule has 20 heavy (non-hydrogen) atoms. The topological polar surface area (TPSA) is 55.6 Å². The van der Waals surface area contributed by atoms with E-state index in [1.54, 1.807) is 6.07 Å². The number of rotatable bonds is 4. The summed E-state index contributed by atoms with van der Waals surface area (Å²) in [7, 11) is 0. The van der Waals surface area contributed by atoms with E-state index in [1.807, 2.05) is 23.1 Å². The van der Waals surface area contributed by atoms with Crippen molar-refractivity contribution in [3.05, 3.63) is 24.3 Å². The fourth-order valence-electron chi connectivity index (χ4n) is 2.38. The number of carbonyl (C=O) groups excluding carboxylic acids is 1. The van der Waals surface area contributed by atoms with E-state index in [1.165, 1.54) is 0 Å². The number of nitrogens with zero attached hydrogens (tertiary/aromatic N) is 1. The average molecular weight is 276 g/mol. The van der Waals surface area contributed by atoms with Crippen molar-refractivity contribution in [2.45, 2.75) is 33.1 Å². The number of hydrogen-bond donors (Lipinski definition) is 1. The van der Waals surface area contributed by atoms with Crippen LogP contribution in [0.4, 0.5) is 5.69 Å². The van der Waals surface area contributed by atoms with Gasteiger partial charge in [-0.3, -0.25) is 4.79 Å². The zero-order valence-corrected chi connectivity index (χ0v) is 12.4. The molecule has 2 N–H and O–H groups in total. The van der Waals surface area contributed by atoms with Crippen LogP contribution in [0.2, 0.25) is 0 Å². The number of anilines is 1. The molecule has 0 bridgehead atoms. The maximum Gasteiger partial charge on any atom is 0.225 e. The number of benzene rings is 1. The van der Waals surface area contributed by atoms with E-state index in [0.717, 1.165) is 31.7 Å². The first-order valence-corrected chi connectivity index (χ1v) is 7.22. The molecule has 1 saturated heterocycles. The average Bonchev–Trinajstić information content (AvgIpc) is 2.38. The van der Waals surface area contributed by atoms with Crippen molar-refractivity contribution in [3.63, 3.8) is 0 Å². The summed E-state index contributed by atoms with van der Waals surface area (Å²) in [5.74, 6) is 0.905. The Kier molecular flexibility index (Phi) is 4.53. The van der Waals surface area contributed by atoms with Crippen LogP contribution in [-0.2, 0) is 4.79 Å². The highest BCUT2D eigenvalue weighted by molar-refractivity contribution is 5.76. The van der Waals surface area contributed by atoms with Crippen LogP contribution in [0.3, 0.4) is 0 Å². The molecule has 0 saturated carbocycles. The third kappa shape index (κ3) is 4.15.